The van der Waals surface area contributed by atoms with Crippen LogP contribution in [0.2, 0.25) is 0 Å². The Morgan fingerprint density at radius 3 is 2.48 bits per heavy atom. The first-order valence-electron chi connectivity index (χ1n) is 8.64. The molecule has 1 aromatic rings. The molecule has 144 valence electrons. The molecule has 0 aromatic heterocycles. The Balaban J connectivity index is 2.07. The monoisotopic (exact) mass is 374 g/mol. The third-order valence-corrected chi connectivity index (χ3v) is 4.70. The molecule has 3 rings (SSSR count). The summed E-state index contributed by atoms with van der Waals surface area (Å²) in [5.41, 5.74) is 2.53. The van der Waals surface area contributed by atoms with Crippen LogP contribution in [0.1, 0.15) is 18.4 Å². The number of ether oxygens (including phenoxy) is 3. The Bertz CT molecular complexity index is 816. The molecule has 1 aromatic carbocycles. The zero-order valence-corrected chi connectivity index (χ0v) is 15.6. The predicted octanol–water partition coefficient (Wildman–Crippen LogP) is 1.52. The Morgan fingerprint density at radius 1 is 1.11 bits per heavy atom. The Hall–Kier alpha value is -2.87. The van der Waals surface area contributed by atoms with Crippen molar-refractivity contribution in [2.24, 2.45) is 0 Å². The molecule has 2 aliphatic heterocycles. The summed E-state index contributed by atoms with van der Waals surface area (Å²) in [5.74, 6) is -1.23. The maximum absolute atomic E-state index is 12.4. The first-order chi connectivity index (χ1) is 13.0. The van der Waals surface area contributed by atoms with Gasteiger partial charge >= 0.3 is 11.9 Å². The van der Waals surface area contributed by atoms with Crippen molar-refractivity contribution in [1.29, 1.82) is 0 Å². The highest BCUT2D eigenvalue weighted by molar-refractivity contribution is 6.03. The van der Waals surface area contributed by atoms with Crippen LogP contribution in [0.5, 0.6) is 0 Å². The van der Waals surface area contributed by atoms with E-state index in [1.165, 1.54) is 14.2 Å². The van der Waals surface area contributed by atoms with Crippen molar-refractivity contribution >= 4 is 29.2 Å². The molecule has 0 N–H and O–H groups in total. The lowest BCUT2D eigenvalue weighted by atomic mass is 10.1. The fourth-order valence-electron chi connectivity index (χ4n) is 3.31. The van der Waals surface area contributed by atoms with Crippen molar-refractivity contribution in [3.05, 3.63) is 35.0 Å². The largest absolute Gasteiger partial charge is 0.466 e. The summed E-state index contributed by atoms with van der Waals surface area (Å²) in [5, 5.41) is 0. The maximum Gasteiger partial charge on any atom is 0.355 e. The van der Waals surface area contributed by atoms with E-state index < -0.39 is 11.9 Å². The molecule has 0 bridgehead atoms. The number of anilines is 2. The summed E-state index contributed by atoms with van der Waals surface area (Å²) in [4.78, 5) is 40.0. The van der Waals surface area contributed by atoms with Crippen molar-refractivity contribution in [3.63, 3.8) is 0 Å². The first-order valence-corrected chi connectivity index (χ1v) is 8.64. The molecule has 0 radical (unpaired) electrons. The Kier molecular flexibility index (Phi) is 5.46. The fourth-order valence-corrected chi connectivity index (χ4v) is 3.31. The van der Waals surface area contributed by atoms with Gasteiger partial charge in [-0.15, -0.1) is 0 Å². The van der Waals surface area contributed by atoms with E-state index in [9.17, 15) is 14.4 Å². The van der Waals surface area contributed by atoms with E-state index in [0.29, 0.717) is 18.7 Å². The molecule has 1 amide bonds. The number of carbonyl (C=O) groups is 3. The smallest absolute Gasteiger partial charge is 0.355 e. The van der Waals surface area contributed by atoms with E-state index in [-0.39, 0.29) is 30.5 Å². The normalized spacial score (nSPS) is 17.4. The lowest BCUT2D eigenvalue weighted by Gasteiger charge is -2.32. The van der Waals surface area contributed by atoms with Crippen LogP contribution in [0, 0.1) is 6.92 Å². The molecule has 0 unspecified atom stereocenters. The van der Waals surface area contributed by atoms with Gasteiger partial charge in [0.05, 0.1) is 26.4 Å². The molecule has 0 aliphatic carbocycles. The molecular formula is C19H22N2O6. The minimum Gasteiger partial charge on any atom is -0.466 e. The number of hydrogen-bond donors (Lipinski definition) is 0. The number of carbonyl (C=O) groups excluding carboxylic acids is 3. The highest BCUT2D eigenvalue weighted by Crippen LogP contribution is 2.33. The van der Waals surface area contributed by atoms with Crippen molar-refractivity contribution in [3.8, 4) is 0 Å². The van der Waals surface area contributed by atoms with Gasteiger partial charge in [-0.3, -0.25) is 4.79 Å². The van der Waals surface area contributed by atoms with Gasteiger partial charge in [-0.25, -0.2) is 9.59 Å². The van der Waals surface area contributed by atoms with E-state index in [1.54, 1.807) is 9.80 Å². The van der Waals surface area contributed by atoms with Crippen LogP contribution >= 0.6 is 0 Å². The second-order valence-corrected chi connectivity index (χ2v) is 6.34. The Labute approximate surface area is 157 Å². The number of methoxy groups -OCH3 is 2. The van der Waals surface area contributed by atoms with Crippen molar-refractivity contribution < 1.29 is 28.6 Å². The van der Waals surface area contributed by atoms with E-state index in [2.05, 4.69) is 0 Å². The van der Waals surface area contributed by atoms with Gasteiger partial charge in [-0.05, 0) is 31.0 Å². The number of rotatable bonds is 4. The van der Waals surface area contributed by atoms with Gasteiger partial charge < -0.3 is 24.0 Å². The number of benzene rings is 1. The summed E-state index contributed by atoms with van der Waals surface area (Å²) < 4.78 is 15.1. The lowest BCUT2D eigenvalue weighted by Crippen LogP contribution is -2.39. The summed E-state index contributed by atoms with van der Waals surface area (Å²) in [6.45, 7) is 2.61. The van der Waals surface area contributed by atoms with Crippen molar-refractivity contribution in [1.82, 2.24) is 0 Å². The molecule has 27 heavy (non-hydrogen) atoms. The summed E-state index contributed by atoms with van der Waals surface area (Å²) >= 11 is 0. The number of hydrogen-bond acceptors (Lipinski definition) is 7. The topological polar surface area (TPSA) is 85.4 Å². The predicted molar refractivity (Wildman–Crippen MR) is 97.1 cm³/mol. The maximum atomic E-state index is 12.4. The van der Waals surface area contributed by atoms with Crippen LogP contribution in [0.15, 0.2) is 29.5 Å². The molecular weight excluding hydrogens is 352 g/mol. The lowest BCUT2D eigenvalue weighted by molar-refractivity contribution is -0.140. The minimum atomic E-state index is -0.655. The molecule has 1 saturated heterocycles. The third-order valence-electron chi connectivity index (χ3n) is 4.70. The molecule has 1 fully saturated rings. The van der Waals surface area contributed by atoms with Gasteiger partial charge in [0.25, 0.3) is 0 Å². The van der Waals surface area contributed by atoms with Gasteiger partial charge in [0, 0.05) is 24.3 Å². The van der Waals surface area contributed by atoms with Gasteiger partial charge in [-0.1, -0.05) is 6.07 Å². The molecule has 8 nitrogen and oxygen atoms in total. The summed E-state index contributed by atoms with van der Waals surface area (Å²) in [7, 11) is 2.49. The SMILES string of the molecule is COC(=O)C1=C(C(=O)OC)N(c2ccc(C)c(N3CCCC3=O)c2)COC1. The number of nitrogens with zero attached hydrogens (tertiary/aromatic N) is 2. The van der Waals surface area contributed by atoms with Crippen LogP contribution in [0.4, 0.5) is 11.4 Å². The van der Waals surface area contributed by atoms with Crippen LogP contribution in [-0.2, 0) is 28.6 Å². The number of amides is 1. The summed E-state index contributed by atoms with van der Waals surface area (Å²) in [6.07, 6.45) is 1.34. The average Bonchev–Trinajstić information content (AvgIpc) is 3.12. The number of esters is 2. The van der Waals surface area contributed by atoms with Crippen LogP contribution < -0.4 is 9.80 Å². The number of aryl methyl sites for hydroxylation is 1. The quantitative estimate of drug-likeness (QED) is 0.739. The van der Waals surface area contributed by atoms with E-state index >= 15 is 0 Å². The minimum absolute atomic E-state index is 0.0447. The molecule has 0 atom stereocenters. The van der Waals surface area contributed by atoms with Crippen LogP contribution in [-0.4, -0.2) is 51.9 Å². The second-order valence-electron chi connectivity index (χ2n) is 6.34. The first kappa shape index (κ1) is 18.9. The molecule has 0 spiro atoms. The van der Waals surface area contributed by atoms with Crippen molar-refractivity contribution in [2.45, 2.75) is 19.8 Å². The second kappa shape index (κ2) is 7.79. The van der Waals surface area contributed by atoms with Gasteiger partial charge in [0.2, 0.25) is 5.91 Å². The van der Waals surface area contributed by atoms with Gasteiger partial charge in [-0.2, -0.15) is 0 Å². The van der Waals surface area contributed by atoms with E-state index in [4.69, 9.17) is 14.2 Å². The molecule has 0 saturated carbocycles. The molecule has 8 heteroatoms. The van der Waals surface area contributed by atoms with Crippen molar-refractivity contribution in [2.75, 3.05) is 43.9 Å². The van der Waals surface area contributed by atoms with E-state index in [1.807, 2.05) is 25.1 Å². The van der Waals surface area contributed by atoms with E-state index in [0.717, 1.165) is 17.7 Å². The van der Waals surface area contributed by atoms with Gasteiger partial charge in [0.1, 0.15) is 12.4 Å². The average molecular weight is 374 g/mol. The van der Waals surface area contributed by atoms with Gasteiger partial charge in [0.15, 0.2) is 0 Å². The fraction of sp³-hybridized carbons (Fsp3) is 0.421. The zero-order chi connectivity index (χ0) is 19.6. The zero-order valence-electron chi connectivity index (χ0n) is 15.6. The summed E-state index contributed by atoms with van der Waals surface area (Å²) in [6, 6.07) is 5.51. The molecule has 2 heterocycles. The standard InChI is InChI=1S/C19H22N2O6/c1-12-6-7-13(9-15(12)20-8-4-5-16(20)22)21-11-27-10-14(18(23)25-2)17(21)19(24)26-3/h6-7,9H,4-5,8,10-11H2,1-3H3. The third kappa shape index (κ3) is 3.52. The highest BCUT2D eigenvalue weighted by Gasteiger charge is 2.33. The van der Waals surface area contributed by atoms with Crippen LogP contribution in [0.3, 0.4) is 0 Å². The van der Waals surface area contributed by atoms with Crippen LogP contribution in [0.25, 0.3) is 0 Å². The molecule has 2 aliphatic rings. The Morgan fingerprint density at radius 2 is 1.85 bits per heavy atom. The highest BCUT2D eigenvalue weighted by atomic mass is 16.5.